The van der Waals surface area contributed by atoms with Crippen LogP contribution in [0.1, 0.15) is 17.3 Å². The van der Waals surface area contributed by atoms with E-state index in [1.54, 1.807) is 30.3 Å². The lowest BCUT2D eigenvalue weighted by Crippen LogP contribution is -2.47. The number of ether oxygens (including phenoxy) is 3. The molecular formula is C14H18O6. The van der Waals surface area contributed by atoms with Gasteiger partial charge in [0.1, 0.15) is 24.4 Å². The van der Waals surface area contributed by atoms with Gasteiger partial charge in [-0.1, -0.05) is 18.2 Å². The highest BCUT2D eigenvalue weighted by molar-refractivity contribution is 5.89. The van der Waals surface area contributed by atoms with Crippen LogP contribution in [0.4, 0.5) is 0 Å². The Kier molecular flexibility index (Phi) is 4.39. The third kappa shape index (κ3) is 2.83. The summed E-state index contributed by atoms with van der Waals surface area (Å²) in [7, 11) is 1.36. The molecule has 1 heterocycles. The number of aliphatic hydroxyl groups excluding tert-OH is 1. The van der Waals surface area contributed by atoms with Gasteiger partial charge in [-0.25, -0.2) is 4.79 Å². The number of benzene rings is 1. The second-order valence-corrected chi connectivity index (χ2v) is 4.86. The number of hydrogen-bond donors (Lipinski definition) is 2. The summed E-state index contributed by atoms with van der Waals surface area (Å²) in [5.41, 5.74) is -1.13. The van der Waals surface area contributed by atoms with E-state index in [4.69, 9.17) is 14.2 Å². The largest absolute Gasteiger partial charge is 0.459 e. The summed E-state index contributed by atoms with van der Waals surface area (Å²) >= 11 is 0. The lowest BCUT2D eigenvalue weighted by Gasteiger charge is -2.25. The molecule has 6 heteroatoms. The van der Waals surface area contributed by atoms with E-state index in [9.17, 15) is 15.0 Å². The summed E-state index contributed by atoms with van der Waals surface area (Å²) < 4.78 is 15.3. The number of rotatable bonds is 4. The van der Waals surface area contributed by atoms with Crippen molar-refractivity contribution in [3.8, 4) is 0 Å². The number of carbonyl (C=O) groups excluding carboxylic acids is 1. The van der Waals surface area contributed by atoms with Gasteiger partial charge in [-0.3, -0.25) is 0 Å². The number of methoxy groups -OCH3 is 1. The first-order valence-electron chi connectivity index (χ1n) is 6.27. The quantitative estimate of drug-likeness (QED) is 0.774. The van der Waals surface area contributed by atoms with E-state index in [1.807, 2.05) is 0 Å². The lowest BCUT2D eigenvalue weighted by molar-refractivity contribution is -0.153. The number of aliphatic hydroxyl groups is 2. The average molecular weight is 282 g/mol. The fraction of sp³-hybridized carbons (Fsp3) is 0.500. The van der Waals surface area contributed by atoms with Crippen molar-refractivity contribution < 1.29 is 29.2 Å². The van der Waals surface area contributed by atoms with Crippen molar-refractivity contribution in [3.63, 3.8) is 0 Å². The first-order chi connectivity index (χ1) is 9.46. The molecule has 110 valence electrons. The van der Waals surface area contributed by atoms with Gasteiger partial charge in [0.15, 0.2) is 6.29 Å². The van der Waals surface area contributed by atoms with Crippen LogP contribution in [0.15, 0.2) is 30.3 Å². The highest BCUT2D eigenvalue weighted by Gasteiger charge is 2.52. The molecule has 0 saturated carbocycles. The van der Waals surface area contributed by atoms with Gasteiger partial charge in [0.05, 0.1) is 5.56 Å². The number of hydrogen-bond acceptors (Lipinski definition) is 6. The van der Waals surface area contributed by atoms with Crippen LogP contribution in [0.25, 0.3) is 0 Å². The molecule has 0 radical (unpaired) electrons. The van der Waals surface area contributed by atoms with E-state index >= 15 is 0 Å². The Morgan fingerprint density at radius 3 is 2.60 bits per heavy atom. The van der Waals surface area contributed by atoms with E-state index in [0.29, 0.717) is 5.56 Å². The van der Waals surface area contributed by atoms with Gasteiger partial charge in [0, 0.05) is 7.11 Å². The molecule has 2 unspecified atom stereocenters. The Morgan fingerprint density at radius 1 is 1.40 bits per heavy atom. The zero-order chi connectivity index (χ0) is 14.8. The van der Waals surface area contributed by atoms with Crippen LogP contribution >= 0.6 is 0 Å². The van der Waals surface area contributed by atoms with Crippen LogP contribution in [-0.4, -0.2) is 54.0 Å². The van der Waals surface area contributed by atoms with Crippen molar-refractivity contribution in [1.29, 1.82) is 0 Å². The summed E-state index contributed by atoms with van der Waals surface area (Å²) in [6.45, 7) is 1.25. The van der Waals surface area contributed by atoms with Crippen molar-refractivity contribution in [3.05, 3.63) is 35.9 Å². The van der Waals surface area contributed by atoms with Gasteiger partial charge in [-0.05, 0) is 19.1 Å². The van der Waals surface area contributed by atoms with E-state index < -0.39 is 30.1 Å². The molecule has 2 N–H and O–H groups in total. The maximum Gasteiger partial charge on any atom is 0.338 e. The Hall–Kier alpha value is -1.47. The molecule has 1 aliphatic rings. The predicted molar refractivity (Wildman–Crippen MR) is 69.0 cm³/mol. The van der Waals surface area contributed by atoms with Crippen LogP contribution in [0, 0.1) is 0 Å². The third-order valence-corrected chi connectivity index (χ3v) is 3.41. The molecule has 0 amide bonds. The van der Waals surface area contributed by atoms with Crippen LogP contribution in [0.5, 0.6) is 0 Å². The Bertz CT molecular complexity index is 458. The van der Waals surface area contributed by atoms with Crippen LogP contribution in [0.2, 0.25) is 0 Å². The lowest BCUT2D eigenvalue weighted by atomic mass is 9.95. The van der Waals surface area contributed by atoms with Gasteiger partial charge in [-0.2, -0.15) is 0 Å². The monoisotopic (exact) mass is 282 g/mol. The molecule has 0 spiro atoms. The molecule has 0 aliphatic carbocycles. The summed E-state index contributed by atoms with van der Waals surface area (Å²) in [4.78, 5) is 11.8. The highest BCUT2D eigenvalue weighted by Crippen LogP contribution is 2.31. The fourth-order valence-corrected chi connectivity index (χ4v) is 2.04. The molecule has 2 rings (SSSR count). The van der Waals surface area contributed by atoms with Crippen LogP contribution in [0.3, 0.4) is 0 Å². The van der Waals surface area contributed by atoms with Gasteiger partial charge >= 0.3 is 5.97 Å². The normalized spacial score (nSPS) is 33.1. The molecule has 1 aliphatic heterocycles. The van der Waals surface area contributed by atoms with E-state index in [2.05, 4.69) is 0 Å². The van der Waals surface area contributed by atoms with Crippen LogP contribution in [-0.2, 0) is 14.2 Å². The SMILES string of the molecule is COC1O[C@H](COC(=O)c2ccccc2)[C@](C)(O)C1O. The van der Waals surface area contributed by atoms with Crippen molar-refractivity contribution in [2.45, 2.75) is 31.0 Å². The zero-order valence-corrected chi connectivity index (χ0v) is 11.4. The van der Waals surface area contributed by atoms with Crippen LogP contribution < -0.4 is 0 Å². The van der Waals surface area contributed by atoms with E-state index in [0.717, 1.165) is 0 Å². The first kappa shape index (κ1) is 14.9. The second-order valence-electron chi connectivity index (χ2n) is 4.86. The van der Waals surface area contributed by atoms with Crippen molar-refractivity contribution in [2.75, 3.05) is 13.7 Å². The van der Waals surface area contributed by atoms with E-state index in [-0.39, 0.29) is 6.61 Å². The molecule has 4 atom stereocenters. The summed E-state index contributed by atoms with van der Waals surface area (Å²) in [5, 5.41) is 20.0. The number of esters is 1. The molecule has 20 heavy (non-hydrogen) atoms. The molecule has 0 aromatic heterocycles. The van der Waals surface area contributed by atoms with Gasteiger partial charge in [0.25, 0.3) is 0 Å². The molecule has 6 nitrogen and oxygen atoms in total. The van der Waals surface area contributed by atoms with Crippen molar-refractivity contribution >= 4 is 5.97 Å². The average Bonchev–Trinajstić information content (AvgIpc) is 2.68. The Morgan fingerprint density at radius 2 is 2.05 bits per heavy atom. The summed E-state index contributed by atoms with van der Waals surface area (Å²) in [6, 6.07) is 8.50. The minimum Gasteiger partial charge on any atom is -0.459 e. The molecular weight excluding hydrogens is 264 g/mol. The predicted octanol–water partition coefficient (Wildman–Crippen LogP) is 0.327. The maximum atomic E-state index is 11.8. The molecule has 1 fully saturated rings. The zero-order valence-electron chi connectivity index (χ0n) is 11.4. The Balaban J connectivity index is 1.96. The third-order valence-electron chi connectivity index (χ3n) is 3.41. The Labute approximate surface area is 116 Å². The number of carbonyl (C=O) groups is 1. The minimum absolute atomic E-state index is 0.169. The highest BCUT2D eigenvalue weighted by atomic mass is 16.7. The fourth-order valence-electron chi connectivity index (χ4n) is 2.04. The molecule has 1 aromatic carbocycles. The van der Waals surface area contributed by atoms with E-state index in [1.165, 1.54) is 14.0 Å². The van der Waals surface area contributed by atoms with Gasteiger partial charge < -0.3 is 24.4 Å². The topological polar surface area (TPSA) is 85.2 Å². The molecule has 1 aromatic rings. The van der Waals surface area contributed by atoms with Gasteiger partial charge in [0.2, 0.25) is 0 Å². The second kappa shape index (κ2) is 5.88. The standard InChI is InChI=1S/C14H18O6/c1-14(17)10(20-13(18-2)11(14)15)8-19-12(16)9-6-4-3-5-7-9/h3-7,10-11,13,15,17H,8H2,1-2H3/t10-,11?,13?,14+/m1/s1. The molecule has 0 bridgehead atoms. The summed E-state index contributed by atoms with van der Waals surface area (Å²) in [5.74, 6) is -0.514. The first-order valence-corrected chi connectivity index (χ1v) is 6.27. The smallest absolute Gasteiger partial charge is 0.338 e. The van der Waals surface area contributed by atoms with Crippen molar-refractivity contribution in [1.82, 2.24) is 0 Å². The van der Waals surface area contributed by atoms with Crippen molar-refractivity contribution in [2.24, 2.45) is 0 Å². The minimum atomic E-state index is -1.54. The summed E-state index contributed by atoms with van der Waals surface area (Å²) in [6.07, 6.45) is -2.99. The maximum absolute atomic E-state index is 11.8. The van der Waals surface area contributed by atoms with Gasteiger partial charge in [-0.15, -0.1) is 0 Å². The molecule has 1 saturated heterocycles.